The summed E-state index contributed by atoms with van der Waals surface area (Å²) in [6.07, 6.45) is 0.223. The molecule has 8 heteroatoms. The second-order valence-electron chi connectivity index (χ2n) is 6.41. The minimum Gasteiger partial charge on any atom is -0.361 e. The molecule has 1 aromatic heterocycles. The van der Waals surface area contributed by atoms with E-state index in [1.807, 2.05) is 0 Å². The molecule has 4 rings (SSSR count). The number of fused-ring (bicyclic) bond motifs is 1. The molecule has 0 spiro atoms. The number of rotatable bonds is 2. The number of imide groups is 2. The van der Waals surface area contributed by atoms with Gasteiger partial charge in [0, 0.05) is 12.0 Å². The number of hydrogen-bond donors (Lipinski definition) is 1. The summed E-state index contributed by atoms with van der Waals surface area (Å²) in [5.41, 5.74) is 2.65. The molecule has 4 amide bonds. The third-order valence-corrected chi connectivity index (χ3v) is 4.76. The number of piperidine rings is 1. The van der Waals surface area contributed by atoms with Gasteiger partial charge in [0.15, 0.2) is 0 Å². The Labute approximate surface area is 148 Å². The van der Waals surface area contributed by atoms with E-state index in [1.165, 1.54) is 0 Å². The first-order valence-corrected chi connectivity index (χ1v) is 8.17. The lowest BCUT2D eigenvalue weighted by molar-refractivity contribution is -0.136. The van der Waals surface area contributed by atoms with Gasteiger partial charge >= 0.3 is 0 Å². The smallest absolute Gasteiger partial charge is 0.262 e. The van der Waals surface area contributed by atoms with E-state index in [0.717, 1.165) is 10.5 Å². The Morgan fingerprint density at radius 3 is 2.50 bits per heavy atom. The van der Waals surface area contributed by atoms with Gasteiger partial charge in [-0.05, 0) is 38.0 Å². The summed E-state index contributed by atoms with van der Waals surface area (Å²) in [7, 11) is 0. The number of carbonyl (C=O) groups excluding carboxylic acids is 4. The zero-order chi connectivity index (χ0) is 18.6. The minimum atomic E-state index is -0.970. The van der Waals surface area contributed by atoms with Crippen LogP contribution in [0, 0.1) is 13.8 Å². The standard InChI is InChI=1S/C18H15N3O5/c1-8-15(9(2)26-20-8)10-3-4-11-12(7-10)18(25)21(17(11)24)13-5-6-14(22)19-16(13)23/h3-4,7,13H,5-6H2,1-2H3,(H,19,22,23). The van der Waals surface area contributed by atoms with Gasteiger partial charge in [0.05, 0.1) is 16.8 Å². The van der Waals surface area contributed by atoms with Gasteiger partial charge in [-0.15, -0.1) is 0 Å². The van der Waals surface area contributed by atoms with Crippen molar-refractivity contribution in [1.82, 2.24) is 15.4 Å². The van der Waals surface area contributed by atoms with Crippen LogP contribution in [0.15, 0.2) is 22.7 Å². The van der Waals surface area contributed by atoms with Crippen LogP contribution < -0.4 is 5.32 Å². The van der Waals surface area contributed by atoms with Crippen LogP contribution >= 0.6 is 0 Å². The van der Waals surface area contributed by atoms with Gasteiger partial charge in [-0.3, -0.25) is 29.4 Å². The lowest BCUT2D eigenvalue weighted by Gasteiger charge is -2.27. The van der Waals surface area contributed by atoms with Crippen molar-refractivity contribution in [2.24, 2.45) is 0 Å². The molecular weight excluding hydrogens is 338 g/mol. The second-order valence-corrected chi connectivity index (χ2v) is 6.41. The average Bonchev–Trinajstić information content (AvgIpc) is 3.06. The fourth-order valence-electron chi connectivity index (χ4n) is 3.52. The zero-order valence-corrected chi connectivity index (χ0v) is 14.2. The Morgan fingerprint density at radius 1 is 1.12 bits per heavy atom. The van der Waals surface area contributed by atoms with Crippen molar-refractivity contribution in [2.75, 3.05) is 0 Å². The fourth-order valence-corrected chi connectivity index (χ4v) is 3.52. The molecule has 1 aromatic carbocycles. The van der Waals surface area contributed by atoms with Crippen molar-refractivity contribution in [3.8, 4) is 11.1 Å². The first kappa shape index (κ1) is 16.2. The molecule has 1 atom stereocenters. The van der Waals surface area contributed by atoms with Crippen LogP contribution in [0.2, 0.25) is 0 Å². The second kappa shape index (κ2) is 5.62. The third kappa shape index (κ3) is 2.26. The Morgan fingerprint density at radius 2 is 1.85 bits per heavy atom. The van der Waals surface area contributed by atoms with E-state index in [1.54, 1.807) is 32.0 Å². The summed E-state index contributed by atoms with van der Waals surface area (Å²) in [5.74, 6) is -1.47. The highest BCUT2D eigenvalue weighted by Gasteiger charge is 2.44. The lowest BCUT2D eigenvalue weighted by atomic mass is 9.99. The first-order chi connectivity index (χ1) is 12.4. The summed E-state index contributed by atoms with van der Waals surface area (Å²) < 4.78 is 5.16. The van der Waals surface area contributed by atoms with Crippen molar-refractivity contribution >= 4 is 23.6 Å². The van der Waals surface area contributed by atoms with Crippen LogP contribution in [-0.2, 0) is 9.59 Å². The molecular formula is C18H15N3O5. The monoisotopic (exact) mass is 353 g/mol. The molecule has 8 nitrogen and oxygen atoms in total. The van der Waals surface area contributed by atoms with Gasteiger partial charge in [0.1, 0.15) is 11.8 Å². The van der Waals surface area contributed by atoms with Gasteiger partial charge in [-0.1, -0.05) is 11.2 Å². The molecule has 2 aromatic rings. The van der Waals surface area contributed by atoms with E-state index in [-0.39, 0.29) is 24.0 Å². The highest BCUT2D eigenvalue weighted by molar-refractivity contribution is 6.23. The maximum atomic E-state index is 12.8. The molecule has 3 heterocycles. The number of aryl methyl sites for hydroxylation is 2. The third-order valence-electron chi connectivity index (χ3n) is 4.76. The van der Waals surface area contributed by atoms with Crippen molar-refractivity contribution in [1.29, 1.82) is 0 Å². The number of aromatic nitrogens is 1. The predicted octanol–water partition coefficient (Wildman–Crippen LogP) is 1.36. The summed E-state index contributed by atoms with van der Waals surface area (Å²) in [4.78, 5) is 49.8. The van der Waals surface area contributed by atoms with Gasteiger partial charge in [0.25, 0.3) is 11.8 Å². The molecule has 0 saturated carbocycles. The van der Waals surface area contributed by atoms with E-state index in [2.05, 4.69) is 10.5 Å². The highest BCUT2D eigenvalue weighted by Crippen LogP contribution is 2.33. The molecule has 26 heavy (non-hydrogen) atoms. The first-order valence-electron chi connectivity index (χ1n) is 8.17. The number of amides is 4. The molecule has 0 radical (unpaired) electrons. The molecule has 132 valence electrons. The Hall–Kier alpha value is -3.29. The Kier molecular flexibility index (Phi) is 3.50. The van der Waals surface area contributed by atoms with Crippen molar-refractivity contribution in [3.63, 3.8) is 0 Å². The molecule has 1 unspecified atom stereocenters. The van der Waals surface area contributed by atoms with Gasteiger partial charge in [-0.2, -0.15) is 0 Å². The minimum absolute atomic E-state index is 0.0914. The van der Waals surface area contributed by atoms with Crippen LogP contribution in [0.4, 0.5) is 0 Å². The van der Waals surface area contributed by atoms with Crippen LogP contribution in [-0.4, -0.2) is 39.7 Å². The van der Waals surface area contributed by atoms with Gasteiger partial charge in [-0.25, -0.2) is 0 Å². The van der Waals surface area contributed by atoms with E-state index in [4.69, 9.17) is 4.52 Å². The molecule has 1 fully saturated rings. The fraction of sp³-hybridized carbons (Fsp3) is 0.278. The lowest BCUT2D eigenvalue weighted by Crippen LogP contribution is -2.54. The molecule has 0 aliphatic carbocycles. The zero-order valence-electron chi connectivity index (χ0n) is 14.2. The summed E-state index contributed by atoms with van der Waals surface area (Å²) in [6, 6.07) is 3.95. The molecule has 2 aliphatic rings. The normalized spacial score (nSPS) is 19.8. The number of nitrogens with zero attached hydrogens (tertiary/aromatic N) is 2. The maximum absolute atomic E-state index is 12.8. The average molecular weight is 353 g/mol. The molecule has 1 saturated heterocycles. The topological polar surface area (TPSA) is 110 Å². The van der Waals surface area contributed by atoms with Crippen LogP contribution in [0.1, 0.15) is 45.0 Å². The van der Waals surface area contributed by atoms with E-state index < -0.39 is 29.7 Å². The van der Waals surface area contributed by atoms with Crippen LogP contribution in [0.25, 0.3) is 11.1 Å². The number of nitrogens with one attached hydrogen (secondary N) is 1. The van der Waals surface area contributed by atoms with E-state index in [0.29, 0.717) is 17.0 Å². The highest BCUT2D eigenvalue weighted by atomic mass is 16.5. The van der Waals surface area contributed by atoms with Crippen LogP contribution in [0.5, 0.6) is 0 Å². The number of carbonyl (C=O) groups is 4. The summed E-state index contributed by atoms with van der Waals surface area (Å²) in [6.45, 7) is 3.56. The van der Waals surface area contributed by atoms with Gasteiger partial charge < -0.3 is 4.52 Å². The van der Waals surface area contributed by atoms with Gasteiger partial charge in [0.2, 0.25) is 11.8 Å². The molecule has 2 aliphatic heterocycles. The summed E-state index contributed by atoms with van der Waals surface area (Å²) >= 11 is 0. The van der Waals surface area contributed by atoms with Crippen molar-refractivity contribution in [3.05, 3.63) is 40.8 Å². The van der Waals surface area contributed by atoms with Crippen LogP contribution in [0.3, 0.4) is 0 Å². The van der Waals surface area contributed by atoms with Crippen molar-refractivity contribution < 1.29 is 23.7 Å². The number of hydrogen-bond acceptors (Lipinski definition) is 6. The summed E-state index contributed by atoms with van der Waals surface area (Å²) in [5, 5.41) is 6.08. The molecule has 0 bridgehead atoms. The van der Waals surface area contributed by atoms with E-state index in [9.17, 15) is 19.2 Å². The quantitative estimate of drug-likeness (QED) is 0.817. The maximum Gasteiger partial charge on any atom is 0.262 e. The predicted molar refractivity (Wildman–Crippen MR) is 88.1 cm³/mol. The Balaban J connectivity index is 1.73. The van der Waals surface area contributed by atoms with Crippen molar-refractivity contribution in [2.45, 2.75) is 32.7 Å². The largest absolute Gasteiger partial charge is 0.361 e. The SMILES string of the molecule is Cc1noc(C)c1-c1ccc2c(c1)C(=O)N(C1CCC(=O)NC1=O)C2=O. The number of benzene rings is 1. The van der Waals surface area contributed by atoms with E-state index >= 15 is 0 Å². The Bertz CT molecular complexity index is 971. The molecule has 1 N–H and O–H groups in total.